The zero-order chi connectivity index (χ0) is 18.5. The predicted molar refractivity (Wildman–Crippen MR) is 119 cm³/mol. The van der Waals surface area contributed by atoms with Crippen molar-refractivity contribution in [2.24, 2.45) is 4.99 Å². The lowest BCUT2D eigenvalue weighted by Crippen LogP contribution is -2.43. The number of sulfone groups is 1. The van der Waals surface area contributed by atoms with E-state index in [-0.39, 0.29) is 35.1 Å². The van der Waals surface area contributed by atoms with Crippen molar-refractivity contribution < 1.29 is 8.42 Å². The van der Waals surface area contributed by atoms with Crippen molar-refractivity contribution in [1.29, 1.82) is 0 Å². The molecule has 0 spiro atoms. The number of halogens is 1. The largest absolute Gasteiger partial charge is 0.355 e. The van der Waals surface area contributed by atoms with Crippen LogP contribution >= 0.6 is 24.0 Å². The average molecular weight is 491 g/mol. The molecule has 0 unspecified atom stereocenters. The molecule has 0 aliphatic heterocycles. The summed E-state index contributed by atoms with van der Waals surface area (Å²) >= 11 is 0. The zero-order valence-corrected chi connectivity index (χ0v) is 19.1. The highest BCUT2D eigenvalue weighted by atomic mass is 127. The number of guanidine groups is 1. The van der Waals surface area contributed by atoms with Crippen LogP contribution in [0.1, 0.15) is 39.2 Å². The van der Waals surface area contributed by atoms with Gasteiger partial charge < -0.3 is 10.6 Å². The van der Waals surface area contributed by atoms with Crippen LogP contribution in [0.3, 0.4) is 0 Å². The van der Waals surface area contributed by atoms with Crippen LogP contribution in [0.4, 0.5) is 0 Å². The Labute approximate surface area is 174 Å². The molecule has 2 N–H and O–H groups in total. The summed E-state index contributed by atoms with van der Waals surface area (Å²) in [5.41, 5.74) is 1.14. The van der Waals surface area contributed by atoms with Gasteiger partial charge in [-0.15, -0.1) is 24.0 Å². The molecule has 1 aromatic carbocycles. The molecule has 0 saturated heterocycles. The van der Waals surface area contributed by atoms with Gasteiger partial charge in [0.25, 0.3) is 0 Å². The topological polar surface area (TPSA) is 70.6 Å². The van der Waals surface area contributed by atoms with E-state index in [1.54, 1.807) is 19.2 Å². The lowest BCUT2D eigenvalue weighted by atomic mass is 9.87. The average Bonchev–Trinajstić information content (AvgIpc) is 3.06. The first-order chi connectivity index (χ1) is 11.7. The van der Waals surface area contributed by atoms with Crippen molar-refractivity contribution in [3.8, 4) is 0 Å². The predicted octanol–water partition coefficient (Wildman–Crippen LogP) is 3.26. The summed E-state index contributed by atoms with van der Waals surface area (Å²) in [7, 11) is -1.62. The molecule has 0 atom stereocenters. The molecule has 5 nitrogen and oxygen atoms in total. The third-order valence-corrected chi connectivity index (χ3v) is 6.05. The summed E-state index contributed by atoms with van der Waals surface area (Å²) in [4.78, 5) is 4.52. The van der Waals surface area contributed by atoms with Crippen LogP contribution in [0.15, 0.2) is 46.3 Å². The molecular weight excluding hydrogens is 461 g/mol. The normalized spacial score (nSPS) is 15.6. The van der Waals surface area contributed by atoms with E-state index in [2.05, 4.69) is 48.5 Å². The first-order valence-electron chi connectivity index (χ1n) is 8.68. The molecule has 1 aromatic rings. The molecule has 0 heterocycles. The summed E-state index contributed by atoms with van der Waals surface area (Å²) in [6.07, 6.45) is 6.21. The maximum atomic E-state index is 12.5. The molecule has 7 heteroatoms. The second-order valence-electron chi connectivity index (χ2n) is 7.38. The highest BCUT2D eigenvalue weighted by Gasteiger charge is 2.18. The highest BCUT2D eigenvalue weighted by molar-refractivity contribution is 14.0. The van der Waals surface area contributed by atoms with Gasteiger partial charge in [0.2, 0.25) is 0 Å². The number of aliphatic imine (C=N–C) groups is 1. The van der Waals surface area contributed by atoms with Crippen molar-refractivity contribution in [1.82, 2.24) is 10.6 Å². The fraction of sp³-hybridized carbons (Fsp3) is 0.526. The van der Waals surface area contributed by atoms with Gasteiger partial charge in [0.05, 0.1) is 10.6 Å². The number of nitrogens with zero attached hydrogens (tertiary/aromatic N) is 1. The van der Waals surface area contributed by atoms with Crippen LogP contribution in [0.5, 0.6) is 0 Å². The lowest BCUT2D eigenvalue weighted by molar-refractivity contribution is 0.585. The molecule has 0 bridgehead atoms. The number of hydrogen-bond acceptors (Lipinski definition) is 3. The van der Waals surface area contributed by atoms with Crippen LogP contribution in [-0.2, 0) is 15.3 Å². The molecule has 1 aliphatic rings. The monoisotopic (exact) mass is 491 g/mol. The Balaban J connectivity index is 0.00000338. The van der Waals surface area contributed by atoms with Crippen LogP contribution in [0, 0.1) is 0 Å². The Kier molecular flexibility index (Phi) is 8.59. The maximum absolute atomic E-state index is 12.5. The smallest absolute Gasteiger partial charge is 0.191 e. The summed E-state index contributed by atoms with van der Waals surface area (Å²) in [6, 6.07) is 7.54. The second kappa shape index (κ2) is 9.73. The Hall–Kier alpha value is -1.09. The van der Waals surface area contributed by atoms with Gasteiger partial charge in [-0.2, -0.15) is 0 Å². The molecule has 0 fully saturated rings. The van der Waals surface area contributed by atoms with E-state index in [0.29, 0.717) is 23.4 Å². The first kappa shape index (κ1) is 23.0. The third kappa shape index (κ3) is 6.57. The molecule has 0 amide bonds. The van der Waals surface area contributed by atoms with Gasteiger partial charge in [0, 0.05) is 19.6 Å². The van der Waals surface area contributed by atoms with E-state index >= 15 is 0 Å². The van der Waals surface area contributed by atoms with Crippen molar-refractivity contribution in [3.63, 3.8) is 0 Å². The zero-order valence-electron chi connectivity index (χ0n) is 16.0. The van der Waals surface area contributed by atoms with Gasteiger partial charge in [0.1, 0.15) is 0 Å². The van der Waals surface area contributed by atoms with Gasteiger partial charge in [-0.3, -0.25) is 4.99 Å². The van der Waals surface area contributed by atoms with Crippen LogP contribution in [0.25, 0.3) is 0 Å². The standard InChI is InChI=1S/C19H29N3O2S.HI/c1-19(2,3)15-9-11-17(12-10-15)25(23,24)14-13-21-18(20-4)22-16-7-5-6-8-16;/h5-6,9-12,16H,7-8,13-14H2,1-4H3,(H2,20,21,22);1H. The van der Waals surface area contributed by atoms with E-state index in [1.165, 1.54) is 0 Å². The van der Waals surface area contributed by atoms with E-state index < -0.39 is 9.84 Å². The van der Waals surface area contributed by atoms with Crippen molar-refractivity contribution >= 4 is 39.8 Å². The summed E-state index contributed by atoms with van der Waals surface area (Å²) < 4.78 is 25.0. The van der Waals surface area contributed by atoms with Gasteiger partial charge in [-0.05, 0) is 36.0 Å². The minimum Gasteiger partial charge on any atom is -0.355 e. The molecule has 0 aromatic heterocycles. The minimum absolute atomic E-state index is 0. The molecule has 2 rings (SSSR count). The molecule has 26 heavy (non-hydrogen) atoms. The van der Waals surface area contributed by atoms with Crippen molar-refractivity contribution in [2.75, 3.05) is 19.3 Å². The van der Waals surface area contributed by atoms with Crippen molar-refractivity contribution in [3.05, 3.63) is 42.0 Å². The van der Waals surface area contributed by atoms with Gasteiger partial charge >= 0.3 is 0 Å². The number of hydrogen-bond donors (Lipinski definition) is 2. The molecule has 0 radical (unpaired) electrons. The second-order valence-corrected chi connectivity index (χ2v) is 9.49. The number of nitrogens with one attached hydrogen (secondary N) is 2. The number of rotatable bonds is 5. The van der Waals surface area contributed by atoms with E-state index in [1.807, 2.05) is 12.1 Å². The minimum atomic E-state index is -3.31. The van der Waals surface area contributed by atoms with Gasteiger partial charge in [0.15, 0.2) is 15.8 Å². The Morgan fingerprint density at radius 3 is 2.23 bits per heavy atom. The Morgan fingerprint density at radius 2 is 1.73 bits per heavy atom. The van der Waals surface area contributed by atoms with Crippen LogP contribution in [0.2, 0.25) is 0 Å². The van der Waals surface area contributed by atoms with E-state index in [9.17, 15) is 8.42 Å². The lowest BCUT2D eigenvalue weighted by Gasteiger charge is -2.19. The fourth-order valence-corrected chi connectivity index (χ4v) is 3.86. The van der Waals surface area contributed by atoms with Crippen LogP contribution < -0.4 is 10.6 Å². The molecule has 146 valence electrons. The van der Waals surface area contributed by atoms with Crippen LogP contribution in [-0.4, -0.2) is 39.8 Å². The van der Waals surface area contributed by atoms with Gasteiger partial charge in [-0.1, -0.05) is 45.1 Å². The Bertz CT molecular complexity index is 727. The molecule has 1 aliphatic carbocycles. The fourth-order valence-electron chi connectivity index (χ4n) is 2.71. The first-order valence-corrected chi connectivity index (χ1v) is 10.3. The van der Waals surface area contributed by atoms with E-state index in [0.717, 1.165) is 18.4 Å². The Morgan fingerprint density at radius 1 is 1.15 bits per heavy atom. The van der Waals surface area contributed by atoms with Crippen molar-refractivity contribution in [2.45, 2.75) is 50.0 Å². The number of benzene rings is 1. The molecular formula is C19H30IN3O2S. The SMILES string of the molecule is CN=C(NCCS(=O)(=O)c1ccc(C(C)(C)C)cc1)NC1CC=CC1.I. The highest BCUT2D eigenvalue weighted by Crippen LogP contribution is 2.23. The van der Waals surface area contributed by atoms with E-state index in [4.69, 9.17) is 0 Å². The van der Waals surface area contributed by atoms with Gasteiger partial charge in [-0.25, -0.2) is 8.42 Å². The molecule has 0 saturated carbocycles. The summed E-state index contributed by atoms with van der Waals surface area (Å²) in [6.45, 7) is 6.65. The quantitative estimate of drug-likeness (QED) is 0.287. The maximum Gasteiger partial charge on any atom is 0.191 e. The third-order valence-electron chi connectivity index (χ3n) is 4.32. The summed E-state index contributed by atoms with van der Waals surface area (Å²) in [5, 5.41) is 6.39. The summed E-state index contributed by atoms with van der Waals surface area (Å²) in [5.74, 6) is 0.679.